The Hall–Kier alpha value is -2.62. The van der Waals surface area contributed by atoms with Crippen molar-refractivity contribution in [3.63, 3.8) is 0 Å². The molecule has 0 unspecified atom stereocenters. The first-order valence-corrected chi connectivity index (χ1v) is 6.44. The molecule has 0 saturated carbocycles. The number of hydrogen-bond acceptors (Lipinski definition) is 3. The van der Waals surface area contributed by atoms with Gasteiger partial charge in [-0.3, -0.25) is 4.79 Å². The minimum absolute atomic E-state index is 0.0654. The van der Waals surface area contributed by atoms with Gasteiger partial charge in [0.05, 0.1) is 12.1 Å². The Bertz CT molecular complexity index is 633. The zero-order valence-corrected chi connectivity index (χ0v) is 10.9. The molecule has 1 amide bonds. The molecule has 4 nitrogen and oxygen atoms in total. The Labute approximate surface area is 117 Å². The molecule has 1 heterocycles. The molecule has 1 N–H and O–H groups in total. The van der Waals surface area contributed by atoms with Crippen LogP contribution in [0.4, 0.5) is 0 Å². The Morgan fingerprint density at radius 1 is 1.05 bits per heavy atom. The molecule has 1 aliphatic heterocycles. The van der Waals surface area contributed by atoms with Gasteiger partial charge in [0.25, 0.3) is 0 Å². The summed E-state index contributed by atoms with van der Waals surface area (Å²) < 4.78 is 5.71. The SMILES string of the molecule is O=C1CC(c2ccc(OCc3ccccc3)cc2)=NN1. The lowest BCUT2D eigenvalue weighted by molar-refractivity contribution is -0.119. The maximum absolute atomic E-state index is 11.1. The third-order valence-electron chi connectivity index (χ3n) is 3.08. The summed E-state index contributed by atoms with van der Waals surface area (Å²) in [7, 11) is 0. The lowest BCUT2D eigenvalue weighted by Gasteiger charge is -2.07. The zero-order chi connectivity index (χ0) is 13.8. The largest absolute Gasteiger partial charge is 0.489 e. The van der Waals surface area contributed by atoms with Gasteiger partial charge in [-0.05, 0) is 35.4 Å². The van der Waals surface area contributed by atoms with Gasteiger partial charge in [0, 0.05) is 0 Å². The second-order valence-electron chi connectivity index (χ2n) is 4.57. The molecule has 0 radical (unpaired) electrons. The first kappa shape index (κ1) is 12.4. The maximum Gasteiger partial charge on any atom is 0.246 e. The van der Waals surface area contributed by atoms with E-state index in [9.17, 15) is 4.79 Å². The number of nitrogens with one attached hydrogen (secondary N) is 1. The molecule has 3 rings (SSSR count). The van der Waals surface area contributed by atoms with Gasteiger partial charge in [-0.25, -0.2) is 5.43 Å². The molecule has 0 atom stereocenters. The normalized spacial score (nSPS) is 13.8. The van der Waals surface area contributed by atoms with Crippen molar-refractivity contribution in [3.05, 3.63) is 65.7 Å². The molecule has 0 saturated heterocycles. The van der Waals surface area contributed by atoms with Crippen molar-refractivity contribution in [2.24, 2.45) is 5.10 Å². The second kappa shape index (κ2) is 5.57. The van der Waals surface area contributed by atoms with E-state index in [1.807, 2.05) is 54.6 Å². The number of hydrazone groups is 1. The molecule has 1 aliphatic rings. The predicted octanol–water partition coefficient (Wildman–Crippen LogP) is 2.49. The van der Waals surface area contributed by atoms with Gasteiger partial charge >= 0.3 is 0 Å². The van der Waals surface area contributed by atoms with Crippen molar-refractivity contribution >= 4 is 11.6 Å². The lowest BCUT2D eigenvalue weighted by Crippen LogP contribution is -2.09. The summed E-state index contributed by atoms with van der Waals surface area (Å²) >= 11 is 0. The van der Waals surface area contributed by atoms with Crippen LogP contribution in [0.3, 0.4) is 0 Å². The van der Waals surface area contributed by atoms with E-state index in [2.05, 4.69) is 10.5 Å². The molecule has 0 fully saturated rings. The van der Waals surface area contributed by atoms with E-state index in [0.29, 0.717) is 13.0 Å². The minimum Gasteiger partial charge on any atom is -0.489 e. The standard InChI is InChI=1S/C16H14N2O2/c19-16-10-15(17-18-16)13-6-8-14(9-7-13)20-11-12-4-2-1-3-5-12/h1-9H,10-11H2,(H,18,19). The number of carbonyl (C=O) groups excluding carboxylic acids is 1. The van der Waals surface area contributed by atoms with E-state index < -0.39 is 0 Å². The van der Waals surface area contributed by atoms with Gasteiger partial charge in [0.15, 0.2) is 0 Å². The summed E-state index contributed by atoms with van der Waals surface area (Å²) in [6, 6.07) is 17.6. The third kappa shape index (κ3) is 2.85. The third-order valence-corrected chi connectivity index (χ3v) is 3.08. The summed E-state index contributed by atoms with van der Waals surface area (Å²) in [4.78, 5) is 11.1. The summed E-state index contributed by atoms with van der Waals surface area (Å²) in [6.45, 7) is 0.543. The number of nitrogens with zero attached hydrogens (tertiary/aromatic N) is 1. The predicted molar refractivity (Wildman–Crippen MR) is 76.5 cm³/mol. The summed E-state index contributed by atoms with van der Waals surface area (Å²) in [5.41, 5.74) is 5.29. The van der Waals surface area contributed by atoms with E-state index in [0.717, 1.165) is 22.6 Å². The fraction of sp³-hybridized carbons (Fsp3) is 0.125. The highest BCUT2D eigenvalue weighted by Crippen LogP contribution is 2.16. The number of amides is 1. The van der Waals surface area contributed by atoms with Gasteiger partial charge in [-0.15, -0.1) is 0 Å². The van der Waals surface area contributed by atoms with Crippen molar-refractivity contribution in [3.8, 4) is 5.75 Å². The summed E-state index contributed by atoms with van der Waals surface area (Å²) in [5, 5.41) is 3.99. The average Bonchev–Trinajstić information content (AvgIpc) is 2.93. The maximum atomic E-state index is 11.1. The first-order chi connectivity index (χ1) is 9.81. The average molecular weight is 266 g/mol. The van der Waals surface area contributed by atoms with Crippen molar-refractivity contribution in [1.29, 1.82) is 0 Å². The molecule has 100 valence electrons. The van der Waals surface area contributed by atoms with Gasteiger partial charge < -0.3 is 4.74 Å². The van der Waals surface area contributed by atoms with Gasteiger partial charge in [0.2, 0.25) is 5.91 Å². The molecule has 0 bridgehead atoms. The zero-order valence-electron chi connectivity index (χ0n) is 10.9. The fourth-order valence-electron chi connectivity index (χ4n) is 2.01. The first-order valence-electron chi connectivity index (χ1n) is 6.44. The molecule has 0 aliphatic carbocycles. The van der Waals surface area contributed by atoms with E-state index >= 15 is 0 Å². The number of rotatable bonds is 4. The number of benzene rings is 2. The van der Waals surface area contributed by atoms with Crippen LogP contribution in [0, 0.1) is 0 Å². The van der Waals surface area contributed by atoms with Gasteiger partial charge in [-0.2, -0.15) is 5.10 Å². The van der Waals surface area contributed by atoms with Crippen molar-refractivity contribution < 1.29 is 9.53 Å². The van der Waals surface area contributed by atoms with E-state index in [1.165, 1.54) is 0 Å². The molecular weight excluding hydrogens is 252 g/mol. The van der Waals surface area contributed by atoms with E-state index in [4.69, 9.17) is 4.74 Å². The Balaban J connectivity index is 1.63. The highest BCUT2D eigenvalue weighted by atomic mass is 16.5. The van der Waals surface area contributed by atoms with Crippen molar-refractivity contribution in [1.82, 2.24) is 5.43 Å². The minimum atomic E-state index is -0.0654. The molecule has 2 aromatic carbocycles. The van der Waals surface area contributed by atoms with Crippen LogP contribution in [0.1, 0.15) is 17.5 Å². The monoisotopic (exact) mass is 266 g/mol. The van der Waals surface area contributed by atoms with Crippen LogP contribution in [0.25, 0.3) is 0 Å². The van der Waals surface area contributed by atoms with Gasteiger partial charge in [-0.1, -0.05) is 30.3 Å². The van der Waals surface area contributed by atoms with Crippen LogP contribution in [0.15, 0.2) is 59.7 Å². The smallest absolute Gasteiger partial charge is 0.246 e. The molecule has 4 heteroatoms. The lowest BCUT2D eigenvalue weighted by atomic mass is 10.1. The highest BCUT2D eigenvalue weighted by molar-refractivity contribution is 6.13. The van der Waals surface area contributed by atoms with Gasteiger partial charge in [0.1, 0.15) is 12.4 Å². The molecule has 0 aromatic heterocycles. The number of hydrogen-bond donors (Lipinski definition) is 1. The molecule has 20 heavy (non-hydrogen) atoms. The number of carbonyl (C=O) groups is 1. The van der Waals surface area contributed by atoms with Crippen LogP contribution in [-0.2, 0) is 11.4 Å². The quantitative estimate of drug-likeness (QED) is 0.924. The summed E-state index contributed by atoms with van der Waals surface area (Å²) in [6.07, 6.45) is 0.338. The van der Waals surface area contributed by atoms with E-state index in [-0.39, 0.29) is 5.91 Å². The Kier molecular flexibility index (Phi) is 3.46. The second-order valence-corrected chi connectivity index (χ2v) is 4.57. The molecule has 0 spiro atoms. The van der Waals surface area contributed by atoms with Crippen molar-refractivity contribution in [2.45, 2.75) is 13.0 Å². The fourth-order valence-corrected chi connectivity index (χ4v) is 2.01. The Morgan fingerprint density at radius 2 is 1.80 bits per heavy atom. The van der Waals surface area contributed by atoms with Crippen LogP contribution in [-0.4, -0.2) is 11.6 Å². The summed E-state index contributed by atoms with van der Waals surface area (Å²) in [5.74, 6) is 0.736. The molecule has 2 aromatic rings. The topological polar surface area (TPSA) is 50.7 Å². The van der Waals surface area contributed by atoms with Crippen molar-refractivity contribution in [2.75, 3.05) is 0 Å². The van der Waals surface area contributed by atoms with E-state index in [1.54, 1.807) is 0 Å². The molecular formula is C16H14N2O2. The number of ether oxygens (including phenoxy) is 1. The highest BCUT2D eigenvalue weighted by Gasteiger charge is 2.15. The van der Waals surface area contributed by atoms with Crippen LogP contribution < -0.4 is 10.2 Å². The van der Waals surface area contributed by atoms with Crippen LogP contribution >= 0.6 is 0 Å². The van der Waals surface area contributed by atoms with Crippen LogP contribution in [0.2, 0.25) is 0 Å². The van der Waals surface area contributed by atoms with Crippen LogP contribution in [0.5, 0.6) is 5.75 Å². The Morgan fingerprint density at radius 3 is 2.45 bits per heavy atom.